The number of hydrogen-bond donors (Lipinski definition) is 3. The van der Waals surface area contributed by atoms with Gasteiger partial charge in [-0.1, -0.05) is 6.07 Å². The smallest absolute Gasteiger partial charge is 0.410 e. The van der Waals surface area contributed by atoms with Gasteiger partial charge in [-0.15, -0.1) is 0 Å². The topological polar surface area (TPSA) is 95.1 Å². The largest absolute Gasteiger partial charge is 0.444 e. The number of guanidine groups is 1. The summed E-state index contributed by atoms with van der Waals surface area (Å²) in [6, 6.07) is 5.69. The fraction of sp³-hybridized carbons (Fsp3) is 0.500. The number of halogens is 1. The van der Waals surface area contributed by atoms with Crippen LogP contribution in [0.4, 0.5) is 14.9 Å². The summed E-state index contributed by atoms with van der Waals surface area (Å²) in [7, 11) is 1.59. The maximum absolute atomic E-state index is 13.1. The molecule has 8 nitrogen and oxygen atoms in total. The van der Waals surface area contributed by atoms with E-state index in [9.17, 15) is 14.0 Å². The van der Waals surface area contributed by atoms with Gasteiger partial charge < -0.3 is 25.6 Å². The van der Waals surface area contributed by atoms with E-state index in [1.54, 1.807) is 18.0 Å². The summed E-state index contributed by atoms with van der Waals surface area (Å²) in [4.78, 5) is 29.5. The van der Waals surface area contributed by atoms with Gasteiger partial charge in [-0.3, -0.25) is 9.79 Å². The van der Waals surface area contributed by atoms with Crippen LogP contribution in [0, 0.1) is 5.82 Å². The molecule has 1 aliphatic heterocycles. The third-order valence-electron chi connectivity index (χ3n) is 3.62. The van der Waals surface area contributed by atoms with E-state index in [4.69, 9.17) is 4.74 Å². The van der Waals surface area contributed by atoms with E-state index in [-0.39, 0.29) is 24.6 Å². The Labute approximate surface area is 158 Å². The standard InChI is InChI=1S/C18H26FN5O3/c1-18(2,3)27-17(26)24-10-14(11-24)23-16(20-4)21-9-15(25)22-13-7-5-6-12(19)8-13/h5-8,14H,9-11H2,1-4H3,(H,22,25)(H2,20,21,23). The quantitative estimate of drug-likeness (QED) is 0.545. The number of amides is 2. The Kier molecular flexibility index (Phi) is 6.59. The molecular formula is C18H26FN5O3. The second kappa shape index (κ2) is 8.70. The number of benzene rings is 1. The van der Waals surface area contributed by atoms with E-state index < -0.39 is 11.4 Å². The van der Waals surface area contributed by atoms with Crippen LogP contribution < -0.4 is 16.0 Å². The summed E-state index contributed by atoms with van der Waals surface area (Å²) in [5, 5.41) is 8.61. The van der Waals surface area contributed by atoms with Crippen molar-refractivity contribution in [1.82, 2.24) is 15.5 Å². The Morgan fingerprint density at radius 3 is 2.63 bits per heavy atom. The summed E-state index contributed by atoms with van der Waals surface area (Å²) in [6.07, 6.45) is -0.349. The Hall–Kier alpha value is -2.84. The summed E-state index contributed by atoms with van der Waals surface area (Å²) in [5.74, 6) is -0.302. The first-order chi connectivity index (χ1) is 12.7. The lowest BCUT2D eigenvalue weighted by Gasteiger charge is -2.40. The number of hydrogen-bond acceptors (Lipinski definition) is 4. The first-order valence-corrected chi connectivity index (χ1v) is 8.67. The van der Waals surface area contributed by atoms with E-state index >= 15 is 0 Å². The van der Waals surface area contributed by atoms with Crippen molar-refractivity contribution in [1.29, 1.82) is 0 Å². The highest BCUT2D eigenvalue weighted by molar-refractivity contribution is 5.95. The fourth-order valence-corrected chi connectivity index (χ4v) is 2.37. The van der Waals surface area contributed by atoms with Gasteiger partial charge in [0.15, 0.2) is 5.96 Å². The SMILES string of the molecule is CN=C(NCC(=O)Nc1cccc(F)c1)NC1CN(C(=O)OC(C)(C)C)C1. The number of aliphatic imine (C=N–C) groups is 1. The minimum absolute atomic E-state index is 0.0231. The van der Waals surface area contributed by atoms with Gasteiger partial charge in [-0.25, -0.2) is 9.18 Å². The van der Waals surface area contributed by atoms with Crippen LogP contribution in [-0.2, 0) is 9.53 Å². The van der Waals surface area contributed by atoms with Crippen molar-refractivity contribution in [2.24, 2.45) is 4.99 Å². The fourth-order valence-electron chi connectivity index (χ4n) is 2.37. The number of ether oxygens (including phenoxy) is 1. The molecule has 0 radical (unpaired) electrons. The van der Waals surface area contributed by atoms with Gasteiger partial charge in [0.2, 0.25) is 5.91 Å². The molecule has 3 N–H and O–H groups in total. The molecule has 1 aromatic carbocycles. The van der Waals surface area contributed by atoms with Crippen molar-refractivity contribution >= 4 is 23.6 Å². The van der Waals surface area contributed by atoms with Crippen molar-refractivity contribution in [2.45, 2.75) is 32.4 Å². The number of nitrogens with zero attached hydrogens (tertiary/aromatic N) is 2. The Balaban J connectivity index is 1.71. The lowest BCUT2D eigenvalue weighted by atomic mass is 10.1. The minimum atomic E-state index is -0.526. The molecule has 0 saturated carbocycles. The van der Waals surface area contributed by atoms with Gasteiger partial charge in [0, 0.05) is 25.8 Å². The van der Waals surface area contributed by atoms with Gasteiger partial charge in [-0.05, 0) is 39.0 Å². The first kappa shape index (κ1) is 20.5. The zero-order valence-corrected chi connectivity index (χ0v) is 16.0. The van der Waals surface area contributed by atoms with Gasteiger partial charge in [0.25, 0.3) is 0 Å². The molecule has 0 atom stereocenters. The molecule has 0 spiro atoms. The van der Waals surface area contributed by atoms with E-state index in [1.165, 1.54) is 18.2 Å². The van der Waals surface area contributed by atoms with Crippen LogP contribution in [0.1, 0.15) is 20.8 Å². The molecule has 1 fully saturated rings. The molecule has 148 valence electrons. The highest BCUT2D eigenvalue weighted by Crippen LogP contribution is 2.15. The average molecular weight is 379 g/mol. The van der Waals surface area contributed by atoms with Crippen LogP contribution >= 0.6 is 0 Å². The molecular weight excluding hydrogens is 353 g/mol. The van der Waals surface area contributed by atoms with Crippen LogP contribution in [0.25, 0.3) is 0 Å². The zero-order valence-electron chi connectivity index (χ0n) is 16.0. The lowest BCUT2D eigenvalue weighted by molar-refractivity contribution is -0.115. The maximum atomic E-state index is 13.1. The van der Waals surface area contributed by atoms with Crippen LogP contribution in [0.2, 0.25) is 0 Å². The highest BCUT2D eigenvalue weighted by Gasteiger charge is 2.34. The number of nitrogens with one attached hydrogen (secondary N) is 3. The number of carbonyl (C=O) groups is 2. The van der Waals surface area contributed by atoms with Gasteiger partial charge in [0.05, 0.1) is 12.6 Å². The second-order valence-corrected chi connectivity index (χ2v) is 7.21. The summed E-state index contributed by atoms with van der Waals surface area (Å²) >= 11 is 0. The molecule has 1 aromatic rings. The number of carbonyl (C=O) groups excluding carboxylic acids is 2. The third kappa shape index (κ3) is 6.76. The minimum Gasteiger partial charge on any atom is -0.444 e. The monoisotopic (exact) mass is 379 g/mol. The van der Waals surface area contributed by atoms with E-state index in [1.807, 2.05) is 20.8 Å². The molecule has 0 aromatic heterocycles. The summed E-state index contributed by atoms with van der Waals surface area (Å²) in [5.41, 5.74) is -0.140. The van der Waals surface area contributed by atoms with Crippen LogP contribution in [0.15, 0.2) is 29.3 Å². The Bertz CT molecular complexity index is 711. The molecule has 27 heavy (non-hydrogen) atoms. The molecule has 9 heteroatoms. The maximum Gasteiger partial charge on any atom is 0.410 e. The van der Waals surface area contributed by atoms with Gasteiger partial charge >= 0.3 is 6.09 Å². The van der Waals surface area contributed by atoms with Gasteiger partial charge in [0.1, 0.15) is 11.4 Å². The van der Waals surface area contributed by atoms with Crippen molar-refractivity contribution in [3.63, 3.8) is 0 Å². The van der Waals surface area contributed by atoms with Crippen molar-refractivity contribution in [2.75, 3.05) is 32.0 Å². The lowest BCUT2D eigenvalue weighted by Crippen LogP contribution is -2.63. The molecule has 1 saturated heterocycles. The molecule has 1 heterocycles. The molecule has 0 unspecified atom stereocenters. The average Bonchev–Trinajstić information content (AvgIpc) is 2.51. The normalized spacial score (nSPS) is 15.0. The summed E-state index contributed by atoms with van der Waals surface area (Å²) < 4.78 is 18.4. The zero-order chi connectivity index (χ0) is 20.0. The second-order valence-electron chi connectivity index (χ2n) is 7.21. The van der Waals surface area contributed by atoms with Crippen LogP contribution in [-0.4, -0.2) is 61.2 Å². The molecule has 1 aliphatic rings. The number of anilines is 1. The van der Waals surface area contributed by atoms with Crippen LogP contribution in [0.5, 0.6) is 0 Å². The van der Waals surface area contributed by atoms with E-state index in [2.05, 4.69) is 20.9 Å². The molecule has 0 bridgehead atoms. The van der Waals surface area contributed by atoms with E-state index in [0.717, 1.165) is 0 Å². The predicted molar refractivity (Wildman–Crippen MR) is 101 cm³/mol. The molecule has 2 rings (SSSR count). The first-order valence-electron chi connectivity index (χ1n) is 8.67. The highest BCUT2D eigenvalue weighted by atomic mass is 19.1. The van der Waals surface area contributed by atoms with Crippen molar-refractivity contribution < 1.29 is 18.7 Å². The van der Waals surface area contributed by atoms with E-state index in [0.29, 0.717) is 24.7 Å². The predicted octanol–water partition coefficient (Wildman–Crippen LogP) is 1.55. The Morgan fingerprint density at radius 2 is 2.04 bits per heavy atom. The third-order valence-corrected chi connectivity index (χ3v) is 3.62. The number of rotatable bonds is 4. The van der Waals surface area contributed by atoms with Crippen molar-refractivity contribution in [3.05, 3.63) is 30.1 Å². The van der Waals surface area contributed by atoms with Crippen molar-refractivity contribution in [3.8, 4) is 0 Å². The molecule has 2 amide bonds. The summed E-state index contributed by atoms with van der Waals surface area (Å²) in [6.45, 7) is 6.41. The van der Waals surface area contributed by atoms with Crippen LogP contribution in [0.3, 0.4) is 0 Å². The Morgan fingerprint density at radius 1 is 1.33 bits per heavy atom. The van der Waals surface area contributed by atoms with Gasteiger partial charge in [-0.2, -0.15) is 0 Å². The number of likely N-dealkylation sites (tertiary alicyclic amines) is 1. The molecule has 0 aliphatic carbocycles.